The Balaban J connectivity index is 0.00000288. The van der Waals surface area contributed by atoms with Crippen molar-refractivity contribution in [2.24, 2.45) is 0 Å². The number of methoxy groups -OCH3 is 1. The number of hydrogen-bond acceptors (Lipinski definition) is 3. The SMILES string of the molecule is COc1ccc(F)cc1C(C)NC(=O)CCc1ccccc1N.Cl. The molecular formula is C18H22ClFN2O2. The fraction of sp³-hybridized carbons (Fsp3) is 0.278. The lowest BCUT2D eigenvalue weighted by Gasteiger charge is -2.17. The number of carbonyl (C=O) groups excluding carboxylic acids is 1. The zero-order valence-corrected chi connectivity index (χ0v) is 14.5. The Labute approximate surface area is 147 Å². The maximum atomic E-state index is 13.4. The molecule has 130 valence electrons. The third-order valence-electron chi connectivity index (χ3n) is 3.71. The molecule has 1 amide bonds. The highest BCUT2D eigenvalue weighted by molar-refractivity contribution is 5.85. The van der Waals surface area contributed by atoms with Gasteiger partial charge in [-0.2, -0.15) is 0 Å². The van der Waals surface area contributed by atoms with Crippen LogP contribution < -0.4 is 15.8 Å². The van der Waals surface area contributed by atoms with Gasteiger partial charge in [0.2, 0.25) is 5.91 Å². The first kappa shape index (κ1) is 19.8. The van der Waals surface area contributed by atoms with Crippen molar-refractivity contribution in [2.75, 3.05) is 12.8 Å². The summed E-state index contributed by atoms with van der Waals surface area (Å²) in [6, 6.07) is 11.4. The molecule has 1 unspecified atom stereocenters. The van der Waals surface area contributed by atoms with Crippen LogP contribution in [0.5, 0.6) is 5.75 Å². The summed E-state index contributed by atoms with van der Waals surface area (Å²) < 4.78 is 18.6. The van der Waals surface area contributed by atoms with E-state index in [1.54, 1.807) is 13.0 Å². The molecular weight excluding hydrogens is 331 g/mol. The molecule has 0 fully saturated rings. The number of rotatable bonds is 6. The molecule has 0 radical (unpaired) electrons. The molecule has 4 nitrogen and oxygen atoms in total. The molecule has 0 bridgehead atoms. The van der Waals surface area contributed by atoms with E-state index in [9.17, 15) is 9.18 Å². The van der Waals surface area contributed by atoms with Gasteiger partial charge in [-0.25, -0.2) is 4.39 Å². The zero-order chi connectivity index (χ0) is 16.8. The largest absolute Gasteiger partial charge is 0.496 e. The van der Waals surface area contributed by atoms with Gasteiger partial charge in [-0.3, -0.25) is 4.79 Å². The van der Waals surface area contributed by atoms with Crippen LogP contribution in [0.15, 0.2) is 42.5 Å². The fourth-order valence-corrected chi connectivity index (χ4v) is 2.45. The molecule has 6 heteroatoms. The number of nitrogens with one attached hydrogen (secondary N) is 1. The topological polar surface area (TPSA) is 64.3 Å². The summed E-state index contributed by atoms with van der Waals surface area (Å²) in [6.07, 6.45) is 0.877. The Morgan fingerprint density at radius 1 is 1.29 bits per heavy atom. The number of nitrogen functional groups attached to an aromatic ring is 1. The molecule has 2 rings (SSSR count). The molecule has 0 saturated heterocycles. The van der Waals surface area contributed by atoms with E-state index >= 15 is 0 Å². The molecule has 0 heterocycles. The first-order valence-corrected chi connectivity index (χ1v) is 7.47. The second kappa shape index (κ2) is 9.13. The Kier molecular flexibility index (Phi) is 7.52. The van der Waals surface area contributed by atoms with Gasteiger partial charge in [-0.15, -0.1) is 12.4 Å². The number of aryl methyl sites for hydroxylation is 1. The van der Waals surface area contributed by atoms with Crippen molar-refractivity contribution >= 4 is 24.0 Å². The predicted molar refractivity (Wildman–Crippen MR) is 95.9 cm³/mol. The molecule has 0 aromatic heterocycles. The molecule has 2 aromatic rings. The fourth-order valence-electron chi connectivity index (χ4n) is 2.45. The maximum Gasteiger partial charge on any atom is 0.220 e. The van der Waals surface area contributed by atoms with Gasteiger partial charge in [0.05, 0.1) is 13.2 Å². The Morgan fingerprint density at radius 3 is 2.67 bits per heavy atom. The van der Waals surface area contributed by atoms with Crippen molar-refractivity contribution in [1.29, 1.82) is 0 Å². The summed E-state index contributed by atoms with van der Waals surface area (Å²) in [5, 5.41) is 2.86. The lowest BCUT2D eigenvalue weighted by atomic mass is 10.1. The normalized spacial score (nSPS) is 11.3. The van der Waals surface area contributed by atoms with Crippen molar-refractivity contribution in [3.8, 4) is 5.75 Å². The van der Waals surface area contributed by atoms with Crippen molar-refractivity contribution < 1.29 is 13.9 Å². The molecule has 3 N–H and O–H groups in total. The number of ether oxygens (including phenoxy) is 1. The summed E-state index contributed by atoms with van der Waals surface area (Å²) >= 11 is 0. The first-order valence-electron chi connectivity index (χ1n) is 7.47. The van der Waals surface area contributed by atoms with E-state index < -0.39 is 0 Å². The summed E-state index contributed by atoms with van der Waals surface area (Å²) in [5.41, 5.74) is 8.10. The van der Waals surface area contributed by atoms with Gasteiger partial charge in [0.25, 0.3) is 0 Å². The molecule has 0 aliphatic carbocycles. The number of benzene rings is 2. The standard InChI is InChI=1S/C18H21FN2O2.ClH/c1-12(15-11-14(19)8-9-17(15)23-2)21-18(22)10-7-13-5-3-4-6-16(13)20;/h3-6,8-9,11-12H,7,10,20H2,1-2H3,(H,21,22);1H. The van der Waals surface area contributed by atoms with E-state index in [2.05, 4.69) is 5.32 Å². The number of anilines is 1. The van der Waals surface area contributed by atoms with Crippen LogP contribution in [0.1, 0.15) is 30.5 Å². The highest BCUT2D eigenvalue weighted by atomic mass is 35.5. The smallest absolute Gasteiger partial charge is 0.220 e. The summed E-state index contributed by atoms with van der Waals surface area (Å²) in [7, 11) is 1.52. The highest BCUT2D eigenvalue weighted by Gasteiger charge is 2.15. The van der Waals surface area contributed by atoms with Crippen LogP contribution in [0.4, 0.5) is 10.1 Å². The summed E-state index contributed by atoms with van der Waals surface area (Å²) in [5.74, 6) is 0.0672. The van der Waals surface area contributed by atoms with Crippen LogP contribution in [0, 0.1) is 5.82 Å². The van der Waals surface area contributed by atoms with Crippen molar-refractivity contribution in [2.45, 2.75) is 25.8 Å². The van der Waals surface area contributed by atoms with Crippen LogP contribution in [-0.4, -0.2) is 13.0 Å². The van der Waals surface area contributed by atoms with E-state index in [0.29, 0.717) is 29.8 Å². The lowest BCUT2D eigenvalue weighted by Crippen LogP contribution is -2.27. The lowest BCUT2D eigenvalue weighted by molar-refractivity contribution is -0.121. The van der Waals surface area contributed by atoms with Crippen LogP contribution in [0.3, 0.4) is 0 Å². The molecule has 0 aliphatic heterocycles. The van der Waals surface area contributed by atoms with Gasteiger partial charge in [-0.1, -0.05) is 18.2 Å². The quantitative estimate of drug-likeness (QED) is 0.780. The van der Waals surface area contributed by atoms with Crippen LogP contribution in [0.2, 0.25) is 0 Å². The van der Waals surface area contributed by atoms with Crippen LogP contribution in [0.25, 0.3) is 0 Å². The minimum Gasteiger partial charge on any atom is -0.496 e. The van der Waals surface area contributed by atoms with Crippen molar-refractivity contribution in [3.05, 3.63) is 59.4 Å². The number of carbonyl (C=O) groups is 1. The van der Waals surface area contributed by atoms with Crippen LogP contribution >= 0.6 is 12.4 Å². The van der Waals surface area contributed by atoms with Gasteiger partial charge in [0, 0.05) is 17.7 Å². The van der Waals surface area contributed by atoms with Gasteiger partial charge in [0.1, 0.15) is 11.6 Å². The molecule has 24 heavy (non-hydrogen) atoms. The average Bonchev–Trinajstić information content (AvgIpc) is 2.54. The Hall–Kier alpha value is -2.27. The molecule has 1 atom stereocenters. The highest BCUT2D eigenvalue weighted by Crippen LogP contribution is 2.26. The van der Waals surface area contributed by atoms with E-state index in [-0.39, 0.29) is 30.2 Å². The van der Waals surface area contributed by atoms with Crippen molar-refractivity contribution in [3.63, 3.8) is 0 Å². The minimum absolute atomic E-state index is 0. The molecule has 0 spiro atoms. The number of nitrogens with two attached hydrogens (primary N) is 1. The van der Waals surface area contributed by atoms with Gasteiger partial charge in [-0.05, 0) is 43.2 Å². The Morgan fingerprint density at radius 2 is 2.00 bits per heavy atom. The van der Waals surface area contributed by atoms with E-state index in [0.717, 1.165) is 5.56 Å². The zero-order valence-electron chi connectivity index (χ0n) is 13.7. The predicted octanol–water partition coefficient (Wildman–Crippen LogP) is 3.65. The van der Waals surface area contributed by atoms with Gasteiger partial charge in [0.15, 0.2) is 0 Å². The van der Waals surface area contributed by atoms with Gasteiger partial charge >= 0.3 is 0 Å². The Bertz CT molecular complexity index is 694. The molecule has 0 aliphatic rings. The molecule has 0 saturated carbocycles. The number of hydrogen-bond donors (Lipinski definition) is 2. The number of para-hydroxylation sites is 1. The average molecular weight is 353 g/mol. The number of amides is 1. The monoisotopic (exact) mass is 352 g/mol. The van der Waals surface area contributed by atoms with Gasteiger partial charge < -0.3 is 15.8 Å². The maximum absolute atomic E-state index is 13.4. The second-order valence-electron chi connectivity index (χ2n) is 5.37. The minimum atomic E-state index is -0.362. The summed E-state index contributed by atoms with van der Waals surface area (Å²) in [6.45, 7) is 1.80. The third-order valence-corrected chi connectivity index (χ3v) is 3.71. The molecule has 2 aromatic carbocycles. The van der Waals surface area contributed by atoms with E-state index in [4.69, 9.17) is 10.5 Å². The van der Waals surface area contributed by atoms with Crippen LogP contribution in [-0.2, 0) is 11.2 Å². The van der Waals surface area contributed by atoms with E-state index in [1.807, 2.05) is 24.3 Å². The number of halogens is 2. The van der Waals surface area contributed by atoms with E-state index in [1.165, 1.54) is 19.2 Å². The first-order chi connectivity index (χ1) is 11.0. The third kappa shape index (κ3) is 5.13. The summed E-state index contributed by atoms with van der Waals surface area (Å²) in [4.78, 5) is 12.1. The second-order valence-corrected chi connectivity index (χ2v) is 5.37. The van der Waals surface area contributed by atoms with Crippen molar-refractivity contribution in [1.82, 2.24) is 5.32 Å².